The Morgan fingerprint density at radius 1 is 1.31 bits per heavy atom. The number of hydrogen-bond acceptors (Lipinski definition) is 4. The average molecular weight is 389 g/mol. The minimum Gasteiger partial charge on any atom is -0.287 e. The smallest absolute Gasteiger partial charge is 0.263 e. The molecule has 2 heterocycles. The van der Waals surface area contributed by atoms with Gasteiger partial charge >= 0.3 is 0 Å². The van der Waals surface area contributed by atoms with Crippen LogP contribution in [0.2, 0.25) is 0 Å². The summed E-state index contributed by atoms with van der Waals surface area (Å²) in [6, 6.07) is 6.55. The number of nitrogens with zero attached hydrogens (tertiary/aromatic N) is 2. The number of hydrogen-bond donors (Lipinski definition) is 0. The molecule has 4 rings (SSSR count). The van der Waals surface area contributed by atoms with Crippen molar-refractivity contribution in [1.29, 1.82) is 0 Å². The second-order valence-electron chi connectivity index (χ2n) is 6.70. The van der Waals surface area contributed by atoms with Crippen molar-refractivity contribution in [2.24, 2.45) is 0 Å². The number of aromatic nitrogens is 2. The van der Waals surface area contributed by atoms with E-state index in [1.807, 2.05) is 4.57 Å². The Bertz CT molecular complexity index is 1010. The minimum absolute atomic E-state index is 0.0925. The lowest BCUT2D eigenvalue weighted by atomic mass is 10.2. The predicted molar refractivity (Wildman–Crippen MR) is 107 cm³/mol. The molecule has 136 valence electrons. The van der Waals surface area contributed by atoms with Crippen LogP contribution in [0.1, 0.15) is 47.9 Å². The topological polar surface area (TPSA) is 34.9 Å². The van der Waals surface area contributed by atoms with Crippen LogP contribution in [0, 0.1) is 5.82 Å². The van der Waals surface area contributed by atoms with Crippen molar-refractivity contribution in [1.82, 2.24) is 9.55 Å². The van der Waals surface area contributed by atoms with Crippen LogP contribution < -0.4 is 5.56 Å². The summed E-state index contributed by atoms with van der Waals surface area (Å²) in [6.45, 7) is 4.82. The Morgan fingerprint density at radius 3 is 2.81 bits per heavy atom. The van der Waals surface area contributed by atoms with E-state index in [1.54, 1.807) is 35.2 Å². The van der Waals surface area contributed by atoms with Crippen LogP contribution in [0.3, 0.4) is 0 Å². The van der Waals surface area contributed by atoms with E-state index in [-0.39, 0.29) is 16.6 Å². The van der Waals surface area contributed by atoms with E-state index < -0.39 is 0 Å². The Hall–Kier alpha value is -1.66. The van der Waals surface area contributed by atoms with Crippen molar-refractivity contribution in [3.8, 4) is 0 Å². The molecule has 0 N–H and O–H groups in total. The number of thiophene rings is 1. The molecule has 2 aromatic heterocycles. The van der Waals surface area contributed by atoms with E-state index in [9.17, 15) is 9.18 Å². The molecule has 3 nitrogen and oxygen atoms in total. The lowest BCUT2D eigenvalue weighted by molar-refractivity contribution is 0.584. The molecule has 0 fully saturated rings. The highest BCUT2D eigenvalue weighted by Gasteiger charge is 2.24. The Morgan fingerprint density at radius 2 is 2.08 bits per heavy atom. The van der Waals surface area contributed by atoms with Gasteiger partial charge in [-0.2, -0.15) is 0 Å². The maximum atomic E-state index is 13.2. The maximum absolute atomic E-state index is 13.2. The molecule has 0 radical (unpaired) electrons. The lowest BCUT2D eigenvalue weighted by Gasteiger charge is -2.15. The summed E-state index contributed by atoms with van der Waals surface area (Å²) in [4.78, 5) is 20.3. The predicted octanol–water partition coefficient (Wildman–Crippen LogP) is 5.35. The third kappa shape index (κ3) is 3.09. The number of rotatable bonds is 5. The summed E-state index contributed by atoms with van der Waals surface area (Å²) < 4.78 is 15.0. The fourth-order valence-corrected chi connectivity index (χ4v) is 5.89. The zero-order chi connectivity index (χ0) is 18.3. The molecular formula is C20H21FN2OS2. The van der Waals surface area contributed by atoms with Crippen molar-refractivity contribution in [2.45, 2.75) is 56.5 Å². The number of fused-ring (bicyclic) bond motifs is 3. The fraction of sp³-hybridized carbons (Fsp3) is 0.400. The van der Waals surface area contributed by atoms with E-state index in [4.69, 9.17) is 4.98 Å². The number of benzene rings is 1. The molecule has 0 aliphatic heterocycles. The van der Waals surface area contributed by atoms with Crippen LogP contribution in [0.4, 0.5) is 4.39 Å². The highest BCUT2D eigenvalue weighted by molar-refractivity contribution is 7.99. The fourth-order valence-electron chi connectivity index (χ4n) is 3.53. The zero-order valence-electron chi connectivity index (χ0n) is 14.9. The van der Waals surface area contributed by atoms with Gasteiger partial charge in [-0.3, -0.25) is 9.36 Å². The van der Waals surface area contributed by atoms with Gasteiger partial charge in [0.25, 0.3) is 5.56 Å². The molecule has 0 spiro atoms. The van der Waals surface area contributed by atoms with Crippen LogP contribution in [0.25, 0.3) is 10.2 Å². The molecule has 3 aromatic rings. The third-order valence-electron chi connectivity index (χ3n) is 4.86. The standard InChI is InChI=1S/C20H21FN2OS2/c1-3-11-23-19(24)17-15-5-4-6-16(15)26-18(17)22-20(23)25-12(2)13-7-9-14(21)10-8-13/h7-10,12H,3-6,11H2,1-2H3/t12-/m0/s1. The summed E-state index contributed by atoms with van der Waals surface area (Å²) in [5.74, 6) is -0.235. The second-order valence-corrected chi connectivity index (χ2v) is 9.09. The summed E-state index contributed by atoms with van der Waals surface area (Å²) in [7, 11) is 0. The van der Waals surface area contributed by atoms with Crippen LogP contribution in [0.5, 0.6) is 0 Å². The minimum atomic E-state index is -0.235. The van der Waals surface area contributed by atoms with E-state index in [0.29, 0.717) is 6.54 Å². The number of halogens is 1. The van der Waals surface area contributed by atoms with Gasteiger partial charge in [0, 0.05) is 16.7 Å². The summed E-state index contributed by atoms with van der Waals surface area (Å²) in [6.07, 6.45) is 4.09. The van der Waals surface area contributed by atoms with E-state index >= 15 is 0 Å². The molecule has 0 unspecified atom stereocenters. The highest BCUT2D eigenvalue weighted by atomic mass is 32.2. The molecule has 0 saturated heterocycles. The molecule has 1 atom stereocenters. The first-order valence-electron chi connectivity index (χ1n) is 9.05. The molecular weight excluding hydrogens is 367 g/mol. The first-order valence-corrected chi connectivity index (χ1v) is 10.7. The first-order chi connectivity index (χ1) is 12.6. The molecule has 1 aliphatic rings. The van der Waals surface area contributed by atoms with Gasteiger partial charge in [-0.15, -0.1) is 11.3 Å². The van der Waals surface area contributed by atoms with Gasteiger partial charge in [0.15, 0.2) is 5.16 Å². The molecule has 1 aliphatic carbocycles. The number of thioether (sulfide) groups is 1. The van der Waals surface area contributed by atoms with Crippen LogP contribution in [-0.4, -0.2) is 9.55 Å². The van der Waals surface area contributed by atoms with Crippen molar-refractivity contribution in [3.05, 3.63) is 56.4 Å². The Kier molecular flexibility index (Phi) is 4.88. The Balaban J connectivity index is 1.77. The van der Waals surface area contributed by atoms with Gasteiger partial charge in [0.05, 0.1) is 5.39 Å². The largest absolute Gasteiger partial charge is 0.287 e. The molecule has 1 aromatic carbocycles. The van der Waals surface area contributed by atoms with Crippen molar-refractivity contribution in [2.75, 3.05) is 0 Å². The maximum Gasteiger partial charge on any atom is 0.263 e. The Labute approximate surface area is 160 Å². The summed E-state index contributed by atoms with van der Waals surface area (Å²) in [5.41, 5.74) is 2.36. The first kappa shape index (κ1) is 17.7. The van der Waals surface area contributed by atoms with E-state index in [0.717, 1.165) is 46.6 Å². The molecule has 0 amide bonds. The molecule has 26 heavy (non-hydrogen) atoms. The van der Waals surface area contributed by atoms with Crippen LogP contribution in [0.15, 0.2) is 34.2 Å². The highest BCUT2D eigenvalue weighted by Crippen LogP contribution is 2.38. The van der Waals surface area contributed by atoms with Crippen LogP contribution in [-0.2, 0) is 19.4 Å². The van der Waals surface area contributed by atoms with Crippen molar-refractivity contribution in [3.63, 3.8) is 0 Å². The van der Waals surface area contributed by atoms with E-state index in [1.165, 1.54) is 22.6 Å². The van der Waals surface area contributed by atoms with Gasteiger partial charge in [0.2, 0.25) is 0 Å². The van der Waals surface area contributed by atoms with Gasteiger partial charge in [-0.1, -0.05) is 30.8 Å². The lowest BCUT2D eigenvalue weighted by Crippen LogP contribution is -2.23. The average Bonchev–Trinajstić information content (AvgIpc) is 3.19. The van der Waals surface area contributed by atoms with Crippen molar-refractivity contribution < 1.29 is 4.39 Å². The van der Waals surface area contributed by atoms with Gasteiger partial charge in [-0.25, -0.2) is 9.37 Å². The van der Waals surface area contributed by atoms with Crippen molar-refractivity contribution >= 4 is 33.3 Å². The SMILES string of the molecule is CCCn1c(S[C@@H](C)c2ccc(F)cc2)nc2sc3c(c2c1=O)CCC3. The monoisotopic (exact) mass is 388 g/mol. The number of aryl methyl sites for hydroxylation is 2. The van der Waals surface area contributed by atoms with Crippen LogP contribution >= 0.6 is 23.1 Å². The second kappa shape index (κ2) is 7.16. The summed E-state index contributed by atoms with van der Waals surface area (Å²) >= 11 is 3.25. The normalized spacial score (nSPS) is 14.7. The quantitative estimate of drug-likeness (QED) is 0.437. The zero-order valence-corrected chi connectivity index (χ0v) is 16.6. The van der Waals surface area contributed by atoms with Gasteiger partial charge < -0.3 is 0 Å². The molecule has 0 saturated carbocycles. The third-order valence-corrected chi connectivity index (χ3v) is 7.19. The van der Waals surface area contributed by atoms with Gasteiger partial charge in [-0.05, 0) is 55.9 Å². The summed E-state index contributed by atoms with van der Waals surface area (Å²) in [5, 5.41) is 1.70. The van der Waals surface area contributed by atoms with E-state index in [2.05, 4.69) is 13.8 Å². The van der Waals surface area contributed by atoms with Gasteiger partial charge in [0.1, 0.15) is 10.6 Å². The molecule has 0 bridgehead atoms. The molecule has 6 heteroatoms.